The van der Waals surface area contributed by atoms with Gasteiger partial charge >= 0.3 is 0 Å². The van der Waals surface area contributed by atoms with Gasteiger partial charge in [-0.2, -0.15) is 0 Å². The van der Waals surface area contributed by atoms with Gasteiger partial charge in [0.05, 0.1) is 7.11 Å². The lowest BCUT2D eigenvalue weighted by Gasteiger charge is -2.36. The molecule has 110 valence electrons. The number of halogens is 1. The predicted molar refractivity (Wildman–Crippen MR) is 87.0 cm³/mol. The molecule has 0 atom stereocenters. The fraction of sp³-hybridized carbons (Fsp3) is 0.333. The van der Waals surface area contributed by atoms with E-state index in [1.165, 1.54) is 24.0 Å². The van der Waals surface area contributed by atoms with Gasteiger partial charge < -0.3 is 10.1 Å². The molecule has 0 spiro atoms. The van der Waals surface area contributed by atoms with Crippen molar-refractivity contribution in [2.75, 3.05) is 7.11 Å². The Morgan fingerprint density at radius 2 is 1.90 bits per heavy atom. The fourth-order valence-electron chi connectivity index (χ4n) is 2.82. The van der Waals surface area contributed by atoms with Gasteiger partial charge in [0.25, 0.3) is 0 Å². The molecule has 0 aromatic heterocycles. The molecule has 0 aliphatic heterocycles. The van der Waals surface area contributed by atoms with Crippen molar-refractivity contribution in [1.29, 1.82) is 0 Å². The molecule has 1 N–H and O–H groups in total. The van der Waals surface area contributed by atoms with Crippen LogP contribution in [0, 0.1) is 0 Å². The molecule has 1 aliphatic carbocycles. The Kier molecular flexibility index (Phi) is 4.47. The first-order valence-corrected chi connectivity index (χ1v) is 7.74. The molecule has 1 fully saturated rings. The molecule has 0 radical (unpaired) electrons. The van der Waals surface area contributed by atoms with E-state index in [0.717, 1.165) is 17.3 Å². The summed E-state index contributed by atoms with van der Waals surface area (Å²) in [5.74, 6) is 1.60. The zero-order valence-electron chi connectivity index (χ0n) is 12.2. The van der Waals surface area contributed by atoms with Gasteiger partial charge in [-0.25, -0.2) is 0 Å². The van der Waals surface area contributed by atoms with Gasteiger partial charge in [0.2, 0.25) is 0 Å². The van der Waals surface area contributed by atoms with Crippen LogP contribution in [0.25, 0.3) is 0 Å². The van der Waals surface area contributed by atoms with Gasteiger partial charge in [-0.15, -0.1) is 0 Å². The highest BCUT2D eigenvalue weighted by Gasteiger charge is 2.29. The van der Waals surface area contributed by atoms with Gasteiger partial charge in [-0.05, 0) is 54.2 Å². The predicted octanol–water partition coefficient (Wildman–Crippen LogP) is 4.38. The zero-order valence-corrected chi connectivity index (χ0v) is 12.9. The Hall–Kier alpha value is -1.51. The average Bonchev–Trinajstić information content (AvgIpc) is 2.48. The summed E-state index contributed by atoms with van der Waals surface area (Å²) in [5.41, 5.74) is 2.67. The highest BCUT2D eigenvalue weighted by Crippen LogP contribution is 2.38. The molecular weight excluding hydrogens is 282 g/mol. The van der Waals surface area contributed by atoms with Crippen molar-refractivity contribution >= 4 is 11.6 Å². The standard InChI is InChI=1S/C18H20ClNO/c1-21-18-4-2-3-14(11-18)15-9-17(10-15)20-12-13-5-7-16(19)8-6-13/h2-8,11,15,17,20H,9-10,12H2,1H3. The molecular formula is C18H20ClNO. The molecule has 2 aromatic carbocycles. The molecule has 0 heterocycles. The lowest BCUT2D eigenvalue weighted by atomic mass is 9.76. The first kappa shape index (κ1) is 14.4. The van der Waals surface area contributed by atoms with E-state index in [-0.39, 0.29) is 0 Å². The molecule has 3 heteroatoms. The van der Waals surface area contributed by atoms with Crippen molar-refractivity contribution in [2.45, 2.75) is 31.3 Å². The number of ether oxygens (including phenoxy) is 1. The van der Waals surface area contributed by atoms with E-state index in [9.17, 15) is 0 Å². The van der Waals surface area contributed by atoms with Crippen LogP contribution in [0.2, 0.25) is 5.02 Å². The maximum absolute atomic E-state index is 5.89. The second-order valence-electron chi connectivity index (χ2n) is 5.65. The maximum atomic E-state index is 5.89. The van der Waals surface area contributed by atoms with Gasteiger partial charge in [0.15, 0.2) is 0 Å². The van der Waals surface area contributed by atoms with Crippen molar-refractivity contribution in [2.24, 2.45) is 0 Å². The number of methoxy groups -OCH3 is 1. The third-order valence-corrected chi connectivity index (χ3v) is 4.46. The second kappa shape index (κ2) is 6.50. The van der Waals surface area contributed by atoms with E-state index in [0.29, 0.717) is 12.0 Å². The highest BCUT2D eigenvalue weighted by molar-refractivity contribution is 6.30. The number of hydrogen-bond donors (Lipinski definition) is 1. The molecule has 2 nitrogen and oxygen atoms in total. The fourth-order valence-corrected chi connectivity index (χ4v) is 2.94. The van der Waals surface area contributed by atoms with Crippen LogP contribution in [0.1, 0.15) is 29.9 Å². The quantitative estimate of drug-likeness (QED) is 0.884. The molecule has 0 unspecified atom stereocenters. The number of nitrogens with one attached hydrogen (secondary N) is 1. The number of rotatable bonds is 5. The Morgan fingerprint density at radius 1 is 1.14 bits per heavy atom. The molecule has 1 saturated carbocycles. The van der Waals surface area contributed by atoms with Crippen LogP contribution in [0.4, 0.5) is 0 Å². The minimum Gasteiger partial charge on any atom is -0.497 e. The monoisotopic (exact) mass is 301 g/mol. The summed E-state index contributed by atoms with van der Waals surface area (Å²) in [4.78, 5) is 0. The molecule has 0 amide bonds. The summed E-state index contributed by atoms with van der Waals surface area (Å²) in [6.07, 6.45) is 2.39. The van der Waals surface area contributed by atoms with Gasteiger partial charge in [0.1, 0.15) is 5.75 Å². The second-order valence-corrected chi connectivity index (χ2v) is 6.09. The molecule has 1 aliphatic rings. The molecule has 0 saturated heterocycles. The largest absolute Gasteiger partial charge is 0.497 e. The number of benzene rings is 2. The Bertz CT molecular complexity index is 590. The lowest BCUT2D eigenvalue weighted by molar-refractivity contribution is 0.289. The maximum Gasteiger partial charge on any atom is 0.119 e. The molecule has 0 bridgehead atoms. The third-order valence-electron chi connectivity index (χ3n) is 4.21. The van der Waals surface area contributed by atoms with Crippen LogP contribution in [-0.2, 0) is 6.54 Å². The summed E-state index contributed by atoms with van der Waals surface area (Å²) in [6, 6.07) is 17.1. The van der Waals surface area contributed by atoms with Crippen molar-refractivity contribution in [1.82, 2.24) is 5.32 Å². The van der Waals surface area contributed by atoms with Crippen molar-refractivity contribution in [3.63, 3.8) is 0 Å². The molecule has 2 aromatic rings. The first-order chi connectivity index (χ1) is 10.2. The topological polar surface area (TPSA) is 21.3 Å². The smallest absolute Gasteiger partial charge is 0.119 e. The average molecular weight is 302 g/mol. The van der Waals surface area contributed by atoms with Gasteiger partial charge in [0, 0.05) is 17.6 Å². The van der Waals surface area contributed by atoms with Crippen molar-refractivity contribution < 1.29 is 4.74 Å². The molecule has 3 rings (SSSR count). The third kappa shape index (κ3) is 3.58. The normalized spacial score (nSPS) is 20.9. The van der Waals surface area contributed by atoms with E-state index < -0.39 is 0 Å². The molecule has 21 heavy (non-hydrogen) atoms. The van der Waals surface area contributed by atoms with Gasteiger partial charge in [-0.3, -0.25) is 0 Å². The van der Waals surface area contributed by atoms with Crippen LogP contribution < -0.4 is 10.1 Å². The minimum absolute atomic E-state index is 0.608. The number of hydrogen-bond acceptors (Lipinski definition) is 2. The Labute approximate surface area is 131 Å². The van der Waals surface area contributed by atoms with E-state index >= 15 is 0 Å². The van der Waals surface area contributed by atoms with Crippen LogP contribution in [0.5, 0.6) is 5.75 Å². The van der Waals surface area contributed by atoms with Gasteiger partial charge in [-0.1, -0.05) is 35.9 Å². The van der Waals surface area contributed by atoms with Crippen LogP contribution in [-0.4, -0.2) is 13.2 Å². The van der Waals surface area contributed by atoms with Crippen LogP contribution in [0.15, 0.2) is 48.5 Å². The van der Waals surface area contributed by atoms with Crippen LogP contribution >= 0.6 is 11.6 Å². The first-order valence-electron chi connectivity index (χ1n) is 7.36. The van der Waals surface area contributed by atoms with E-state index in [1.54, 1.807) is 7.11 Å². The summed E-state index contributed by atoms with van der Waals surface area (Å²) in [5, 5.41) is 4.40. The Balaban J connectivity index is 1.48. The van der Waals surface area contributed by atoms with Crippen molar-refractivity contribution in [3.8, 4) is 5.75 Å². The SMILES string of the molecule is COc1cccc(C2CC(NCc3ccc(Cl)cc3)C2)c1. The summed E-state index contributed by atoms with van der Waals surface area (Å²) in [7, 11) is 1.72. The van der Waals surface area contributed by atoms with E-state index in [2.05, 4.69) is 35.6 Å². The van der Waals surface area contributed by atoms with Crippen molar-refractivity contribution in [3.05, 3.63) is 64.7 Å². The lowest BCUT2D eigenvalue weighted by Crippen LogP contribution is -2.39. The van der Waals surface area contributed by atoms with E-state index in [1.807, 2.05) is 18.2 Å². The summed E-state index contributed by atoms with van der Waals surface area (Å²) >= 11 is 5.89. The summed E-state index contributed by atoms with van der Waals surface area (Å²) < 4.78 is 5.29. The summed E-state index contributed by atoms with van der Waals surface area (Å²) in [6.45, 7) is 0.909. The Morgan fingerprint density at radius 3 is 2.62 bits per heavy atom. The van der Waals surface area contributed by atoms with E-state index in [4.69, 9.17) is 16.3 Å². The minimum atomic E-state index is 0.608. The highest BCUT2D eigenvalue weighted by atomic mass is 35.5. The van der Waals surface area contributed by atoms with Crippen LogP contribution in [0.3, 0.4) is 0 Å². The zero-order chi connectivity index (χ0) is 14.7.